The lowest BCUT2D eigenvalue weighted by molar-refractivity contribution is 0.0389. The van der Waals surface area contributed by atoms with E-state index in [-0.39, 0.29) is 0 Å². The topological polar surface area (TPSA) is 48.9 Å². The third kappa shape index (κ3) is 8.38. The summed E-state index contributed by atoms with van der Waals surface area (Å²) >= 11 is 0. The van der Waals surface area contributed by atoms with Crippen molar-refractivity contribution in [2.24, 2.45) is 10.9 Å². The number of nitrogens with zero attached hydrogens (tertiary/aromatic N) is 2. The summed E-state index contributed by atoms with van der Waals surface area (Å²) in [5, 5.41) is 6.75. The van der Waals surface area contributed by atoms with Crippen LogP contribution in [0, 0.1) is 5.92 Å². The Hall–Kier alpha value is -0.810. The average Bonchev–Trinajstić information content (AvgIpc) is 2.46. The van der Waals surface area contributed by atoms with Gasteiger partial charge in [0.2, 0.25) is 0 Å². The second-order valence-corrected chi connectivity index (χ2v) is 5.77. The first-order valence-electron chi connectivity index (χ1n) is 7.97. The van der Waals surface area contributed by atoms with E-state index in [1.165, 1.54) is 19.3 Å². The highest BCUT2D eigenvalue weighted by molar-refractivity contribution is 5.79. The van der Waals surface area contributed by atoms with Gasteiger partial charge in [0.1, 0.15) is 0 Å². The van der Waals surface area contributed by atoms with Crippen molar-refractivity contribution < 1.29 is 4.74 Å². The molecule has 0 radical (unpaired) electrons. The highest BCUT2D eigenvalue weighted by Gasteiger charge is 2.09. The van der Waals surface area contributed by atoms with E-state index < -0.39 is 0 Å². The number of ether oxygens (including phenoxy) is 1. The van der Waals surface area contributed by atoms with Crippen molar-refractivity contribution in [3.63, 3.8) is 0 Å². The van der Waals surface area contributed by atoms with Crippen LogP contribution in [0.2, 0.25) is 0 Å². The molecule has 0 aromatic rings. The summed E-state index contributed by atoms with van der Waals surface area (Å²) in [6.45, 7) is 11.4. The number of unbranched alkanes of at least 4 members (excludes halogenated alkanes) is 1. The highest BCUT2D eigenvalue weighted by atomic mass is 16.5. The molecule has 1 saturated heterocycles. The molecule has 0 aliphatic carbocycles. The maximum atomic E-state index is 5.34. The van der Waals surface area contributed by atoms with Crippen molar-refractivity contribution in [3.05, 3.63) is 0 Å². The lowest BCUT2D eigenvalue weighted by Crippen LogP contribution is -2.44. The van der Waals surface area contributed by atoms with Gasteiger partial charge in [-0.3, -0.25) is 9.89 Å². The minimum absolute atomic E-state index is 0.806. The van der Waals surface area contributed by atoms with E-state index in [1.807, 2.05) is 7.05 Å². The number of hydrogen-bond donors (Lipinski definition) is 2. The molecule has 0 bridgehead atoms. The van der Waals surface area contributed by atoms with E-state index in [0.717, 1.165) is 57.8 Å². The molecular formula is C15H32N4O. The van der Waals surface area contributed by atoms with Gasteiger partial charge in [0.15, 0.2) is 5.96 Å². The fourth-order valence-corrected chi connectivity index (χ4v) is 2.26. The zero-order chi connectivity index (χ0) is 14.6. The van der Waals surface area contributed by atoms with Gasteiger partial charge in [0.25, 0.3) is 0 Å². The number of nitrogens with one attached hydrogen (secondary N) is 2. The van der Waals surface area contributed by atoms with Gasteiger partial charge in [-0.15, -0.1) is 0 Å². The monoisotopic (exact) mass is 284 g/mol. The van der Waals surface area contributed by atoms with E-state index in [9.17, 15) is 0 Å². The zero-order valence-electron chi connectivity index (χ0n) is 13.5. The molecule has 0 aromatic carbocycles. The predicted molar refractivity (Wildman–Crippen MR) is 85.3 cm³/mol. The number of guanidine groups is 1. The Morgan fingerprint density at radius 2 is 1.85 bits per heavy atom. The van der Waals surface area contributed by atoms with Crippen molar-refractivity contribution in [2.45, 2.75) is 33.1 Å². The third-order valence-corrected chi connectivity index (χ3v) is 3.55. The van der Waals surface area contributed by atoms with Gasteiger partial charge in [-0.2, -0.15) is 0 Å². The van der Waals surface area contributed by atoms with Crippen molar-refractivity contribution in [3.8, 4) is 0 Å². The quantitative estimate of drug-likeness (QED) is 0.401. The summed E-state index contributed by atoms with van der Waals surface area (Å²) in [6, 6.07) is 0. The van der Waals surface area contributed by atoms with Crippen LogP contribution in [-0.2, 0) is 4.74 Å². The summed E-state index contributed by atoms with van der Waals surface area (Å²) in [7, 11) is 1.83. The Kier molecular flexibility index (Phi) is 9.41. The molecule has 1 fully saturated rings. The fourth-order valence-electron chi connectivity index (χ4n) is 2.26. The lowest BCUT2D eigenvalue weighted by Gasteiger charge is -2.26. The minimum Gasteiger partial charge on any atom is -0.379 e. The largest absolute Gasteiger partial charge is 0.379 e. The van der Waals surface area contributed by atoms with Gasteiger partial charge in [0, 0.05) is 39.8 Å². The molecular weight excluding hydrogens is 252 g/mol. The molecule has 1 rings (SSSR count). The number of rotatable bonds is 8. The molecule has 0 aromatic heterocycles. The molecule has 1 heterocycles. The Balaban J connectivity index is 2.01. The van der Waals surface area contributed by atoms with Crippen molar-refractivity contribution in [2.75, 3.05) is 53.0 Å². The van der Waals surface area contributed by atoms with Crippen molar-refractivity contribution in [1.82, 2.24) is 15.5 Å². The molecule has 0 amide bonds. The van der Waals surface area contributed by atoms with Gasteiger partial charge >= 0.3 is 0 Å². The van der Waals surface area contributed by atoms with Crippen molar-refractivity contribution in [1.29, 1.82) is 0 Å². The SMILES string of the molecule is CN=C(NCCCCC(C)C)NCCN1CCOCC1. The number of aliphatic imine (C=N–C) groups is 1. The van der Waals surface area contributed by atoms with Crippen LogP contribution in [-0.4, -0.2) is 63.8 Å². The fraction of sp³-hybridized carbons (Fsp3) is 0.933. The van der Waals surface area contributed by atoms with E-state index >= 15 is 0 Å². The lowest BCUT2D eigenvalue weighted by atomic mass is 10.1. The van der Waals surface area contributed by atoms with Gasteiger partial charge in [-0.25, -0.2) is 0 Å². The van der Waals surface area contributed by atoms with Gasteiger partial charge in [-0.05, 0) is 12.3 Å². The summed E-state index contributed by atoms with van der Waals surface area (Å²) in [6.07, 6.45) is 3.81. The second-order valence-electron chi connectivity index (χ2n) is 5.77. The van der Waals surface area contributed by atoms with Crippen LogP contribution in [0.3, 0.4) is 0 Å². The smallest absolute Gasteiger partial charge is 0.191 e. The van der Waals surface area contributed by atoms with Gasteiger partial charge in [0.05, 0.1) is 13.2 Å². The Labute approximate surface area is 124 Å². The van der Waals surface area contributed by atoms with E-state index in [4.69, 9.17) is 4.74 Å². The molecule has 1 aliphatic rings. The zero-order valence-corrected chi connectivity index (χ0v) is 13.5. The van der Waals surface area contributed by atoms with E-state index in [2.05, 4.69) is 34.4 Å². The van der Waals surface area contributed by atoms with Crippen LogP contribution in [0.5, 0.6) is 0 Å². The van der Waals surface area contributed by atoms with E-state index in [1.54, 1.807) is 0 Å². The Morgan fingerprint density at radius 3 is 2.50 bits per heavy atom. The molecule has 5 heteroatoms. The van der Waals surface area contributed by atoms with Gasteiger partial charge in [-0.1, -0.05) is 26.7 Å². The highest BCUT2D eigenvalue weighted by Crippen LogP contribution is 2.04. The van der Waals surface area contributed by atoms with Crippen molar-refractivity contribution >= 4 is 5.96 Å². The Bertz CT molecular complexity index is 263. The van der Waals surface area contributed by atoms with Crippen LogP contribution in [0.15, 0.2) is 4.99 Å². The molecule has 0 saturated carbocycles. The van der Waals surface area contributed by atoms with Crippen LogP contribution < -0.4 is 10.6 Å². The van der Waals surface area contributed by atoms with Crippen LogP contribution in [0.1, 0.15) is 33.1 Å². The minimum atomic E-state index is 0.806. The first-order valence-corrected chi connectivity index (χ1v) is 7.97. The van der Waals surface area contributed by atoms with Gasteiger partial charge < -0.3 is 15.4 Å². The maximum Gasteiger partial charge on any atom is 0.191 e. The van der Waals surface area contributed by atoms with Crippen LogP contribution in [0.25, 0.3) is 0 Å². The first-order chi connectivity index (χ1) is 9.72. The Morgan fingerprint density at radius 1 is 1.15 bits per heavy atom. The number of hydrogen-bond acceptors (Lipinski definition) is 3. The third-order valence-electron chi connectivity index (χ3n) is 3.55. The number of morpholine rings is 1. The predicted octanol–water partition coefficient (Wildman–Crippen LogP) is 1.31. The molecule has 0 atom stereocenters. The first kappa shape index (κ1) is 17.2. The molecule has 20 heavy (non-hydrogen) atoms. The second kappa shape index (κ2) is 10.9. The summed E-state index contributed by atoms with van der Waals surface area (Å²) in [4.78, 5) is 6.68. The summed E-state index contributed by atoms with van der Waals surface area (Å²) in [5.41, 5.74) is 0. The normalized spacial score (nSPS) is 17.5. The molecule has 0 spiro atoms. The van der Waals surface area contributed by atoms with Crippen LogP contribution >= 0.6 is 0 Å². The standard InChI is InChI=1S/C15H32N4O/c1-14(2)6-4-5-7-17-15(16-3)18-8-9-19-10-12-20-13-11-19/h14H,4-13H2,1-3H3,(H2,16,17,18). The summed E-state index contributed by atoms with van der Waals surface area (Å²) < 4.78 is 5.34. The average molecular weight is 284 g/mol. The van der Waals surface area contributed by atoms with E-state index in [0.29, 0.717) is 0 Å². The molecule has 0 unspecified atom stereocenters. The summed E-state index contributed by atoms with van der Waals surface area (Å²) in [5.74, 6) is 1.73. The molecule has 118 valence electrons. The maximum absolute atomic E-state index is 5.34. The molecule has 2 N–H and O–H groups in total. The molecule has 1 aliphatic heterocycles. The molecule has 5 nitrogen and oxygen atoms in total. The van der Waals surface area contributed by atoms with Crippen LogP contribution in [0.4, 0.5) is 0 Å².